The van der Waals surface area contributed by atoms with Crippen molar-refractivity contribution in [2.75, 3.05) is 5.32 Å². The quantitative estimate of drug-likeness (QED) is 0.825. The van der Waals surface area contributed by atoms with Gasteiger partial charge in [0.25, 0.3) is 0 Å². The summed E-state index contributed by atoms with van der Waals surface area (Å²) in [5.74, 6) is 0.717. The van der Waals surface area contributed by atoms with E-state index in [-0.39, 0.29) is 0 Å². The van der Waals surface area contributed by atoms with Crippen LogP contribution in [-0.4, -0.2) is 16.0 Å². The lowest BCUT2D eigenvalue weighted by molar-refractivity contribution is 0.461. The Hall–Kier alpha value is -0.870. The standard InChI is InChI=1S/C15H18ClN3S/c16-13-12-10-7-4-8-11(10)20-14(12)19-15(18-13)17-9-5-2-1-3-6-9/h9H,1-8H2,(H,17,18,19). The van der Waals surface area contributed by atoms with Crippen molar-refractivity contribution in [3.63, 3.8) is 0 Å². The highest BCUT2D eigenvalue weighted by Gasteiger charge is 2.22. The number of aromatic nitrogens is 2. The van der Waals surface area contributed by atoms with E-state index < -0.39 is 0 Å². The van der Waals surface area contributed by atoms with Gasteiger partial charge in [0.2, 0.25) is 5.95 Å². The zero-order chi connectivity index (χ0) is 13.5. The molecule has 1 saturated carbocycles. The van der Waals surface area contributed by atoms with Gasteiger partial charge in [-0.3, -0.25) is 0 Å². The van der Waals surface area contributed by atoms with Crippen LogP contribution in [-0.2, 0) is 12.8 Å². The topological polar surface area (TPSA) is 37.8 Å². The van der Waals surface area contributed by atoms with E-state index in [2.05, 4.69) is 10.3 Å². The molecular weight excluding hydrogens is 290 g/mol. The lowest BCUT2D eigenvalue weighted by atomic mass is 9.96. The second-order valence-electron chi connectivity index (χ2n) is 5.85. The monoisotopic (exact) mass is 307 g/mol. The van der Waals surface area contributed by atoms with Crippen LogP contribution in [0.4, 0.5) is 5.95 Å². The zero-order valence-electron chi connectivity index (χ0n) is 11.4. The summed E-state index contributed by atoms with van der Waals surface area (Å²) in [5.41, 5.74) is 1.40. The minimum absolute atomic E-state index is 0.518. The van der Waals surface area contributed by atoms with Crippen LogP contribution in [0.1, 0.15) is 49.0 Å². The molecule has 106 valence electrons. The Bertz CT molecular complexity index is 646. The minimum atomic E-state index is 0.518. The van der Waals surface area contributed by atoms with Gasteiger partial charge in [0.1, 0.15) is 9.98 Å². The van der Waals surface area contributed by atoms with E-state index in [1.807, 2.05) is 0 Å². The summed E-state index contributed by atoms with van der Waals surface area (Å²) in [7, 11) is 0. The first-order chi connectivity index (χ1) is 9.81. The molecule has 0 aliphatic heterocycles. The minimum Gasteiger partial charge on any atom is -0.351 e. The lowest BCUT2D eigenvalue weighted by Crippen LogP contribution is -2.23. The third-order valence-electron chi connectivity index (χ3n) is 4.46. The largest absolute Gasteiger partial charge is 0.351 e. The Balaban J connectivity index is 1.67. The predicted molar refractivity (Wildman–Crippen MR) is 84.9 cm³/mol. The molecule has 2 heterocycles. The molecule has 3 nitrogen and oxygen atoms in total. The number of nitrogens with one attached hydrogen (secondary N) is 1. The summed E-state index contributed by atoms with van der Waals surface area (Å²) >= 11 is 8.22. The van der Waals surface area contributed by atoms with Crippen LogP contribution >= 0.6 is 22.9 Å². The molecule has 0 spiro atoms. The number of aryl methyl sites for hydroxylation is 2. The fraction of sp³-hybridized carbons (Fsp3) is 0.600. The average Bonchev–Trinajstić information content (AvgIpc) is 2.99. The normalized spacial score (nSPS) is 19.4. The maximum atomic E-state index is 6.42. The van der Waals surface area contributed by atoms with Crippen molar-refractivity contribution in [3.05, 3.63) is 15.6 Å². The summed E-state index contributed by atoms with van der Waals surface area (Å²) < 4.78 is 0. The molecule has 0 saturated heterocycles. The molecule has 2 aromatic heterocycles. The highest BCUT2D eigenvalue weighted by atomic mass is 35.5. The molecule has 5 heteroatoms. The third kappa shape index (κ3) is 2.19. The summed E-state index contributed by atoms with van der Waals surface area (Å²) in [6.45, 7) is 0. The lowest BCUT2D eigenvalue weighted by Gasteiger charge is -2.22. The van der Waals surface area contributed by atoms with Gasteiger partial charge in [-0.15, -0.1) is 11.3 Å². The Morgan fingerprint density at radius 2 is 1.90 bits per heavy atom. The van der Waals surface area contributed by atoms with E-state index in [0.717, 1.165) is 16.6 Å². The van der Waals surface area contributed by atoms with Gasteiger partial charge in [-0.1, -0.05) is 30.9 Å². The molecule has 0 unspecified atom stereocenters. The fourth-order valence-electron chi connectivity index (χ4n) is 3.45. The molecule has 0 atom stereocenters. The van der Waals surface area contributed by atoms with Crippen molar-refractivity contribution in [2.24, 2.45) is 0 Å². The number of nitrogens with zero attached hydrogens (tertiary/aromatic N) is 2. The smallest absolute Gasteiger partial charge is 0.225 e. The van der Waals surface area contributed by atoms with Crippen LogP contribution in [0.3, 0.4) is 0 Å². The first kappa shape index (κ1) is 12.8. The van der Waals surface area contributed by atoms with Gasteiger partial charge in [0.05, 0.1) is 5.39 Å². The molecule has 1 N–H and O–H groups in total. The Kier molecular flexibility index (Phi) is 3.31. The summed E-state index contributed by atoms with van der Waals surface area (Å²) in [5, 5.41) is 5.22. The molecule has 0 radical (unpaired) electrons. The molecule has 2 aromatic rings. The van der Waals surface area contributed by atoms with Gasteiger partial charge in [-0.25, -0.2) is 9.97 Å². The first-order valence-electron chi connectivity index (χ1n) is 7.55. The molecule has 20 heavy (non-hydrogen) atoms. The molecular formula is C15H18ClN3S. The number of anilines is 1. The van der Waals surface area contributed by atoms with Gasteiger partial charge in [-0.2, -0.15) is 0 Å². The van der Waals surface area contributed by atoms with Crippen molar-refractivity contribution in [1.29, 1.82) is 0 Å². The van der Waals surface area contributed by atoms with Crippen LogP contribution < -0.4 is 5.32 Å². The van der Waals surface area contributed by atoms with Gasteiger partial charge in [0.15, 0.2) is 0 Å². The molecule has 1 fully saturated rings. The molecule has 0 bridgehead atoms. The van der Waals surface area contributed by atoms with Crippen LogP contribution in [0.15, 0.2) is 0 Å². The van der Waals surface area contributed by atoms with Crippen molar-refractivity contribution in [3.8, 4) is 0 Å². The van der Waals surface area contributed by atoms with Crippen LogP contribution in [0.25, 0.3) is 10.2 Å². The number of halogens is 1. The van der Waals surface area contributed by atoms with E-state index in [9.17, 15) is 0 Å². The van der Waals surface area contributed by atoms with Crippen molar-refractivity contribution >= 4 is 39.1 Å². The van der Waals surface area contributed by atoms with Gasteiger partial charge >= 0.3 is 0 Å². The van der Waals surface area contributed by atoms with Crippen LogP contribution in [0.2, 0.25) is 5.15 Å². The number of hydrogen-bond donors (Lipinski definition) is 1. The summed E-state index contributed by atoms with van der Waals surface area (Å²) in [6, 6.07) is 0.518. The molecule has 0 amide bonds. The Labute approximate surface area is 127 Å². The molecule has 4 rings (SSSR count). The highest BCUT2D eigenvalue weighted by molar-refractivity contribution is 7.19. The Morgan fingerprint density at radius 3 is 2.75 bits per heavy atom. The average molecular weight is 308 g/mol. The second-order valence-corrected chi connectivity index (χ2v) is 7.30. The molecule has 2 aliphatic rings. The van der Waals surface area contributed by atoms with Crippen molar-refractivity contribution < 1.29 is 0 Å². The second kappa shape index (κ2) is 5.15. The van der Waals surface area contributed by atoms with Gasteiger partial charge < -0.3 is 5.32 Å². The molecule has 0 aromatic carbocycles. The summed E-state index contributed by atoms with van der Waals surface area (Å²) in [6.07, 6.45) is 9.97. The van der Waals surface area contributed by atoms with Gasteiger partial charge in [0, 0.05) is 10.9 Å². The van der Waals surface area contributed by atoms with Gasteiger partial charge in [-0.05, 0) is 37.7 Å². The maximum Gasteiger partial charge on any atom is 0.225 e. The van der Waals surface area contributed by atoms with Crippen molar-refractivity contribution in [1.82, 2.24) is 9.97 Å². The number of fused-ring (bicyclic) bond motifs is 3. The Morgan fingerprint density at radius 1 is 1.05 bits per heavy atom. The number of hydrogen-bond acceptors (Lipinski definition) is 4. The van der Waals surface area contributed by atoms with Crippen LogP contribution in [0.5, 0.6) is 0 Å². The van der Waals surface area contributed by atoms with E-state index in [0.29, 0.717) is 17.1 Å². The van der Waals surface area contributed by atoms with Crippen molar-refractivity contribution in [2.45, 2.75) is 57.4 Å². The van der Waals surface area contributed by atoms with E-state index in [1.54, 1.807) is 11.3 Å². The van der Waals surface area contributed by atoms with E-state index in [4.69, 9.17) is 16.6 Å². The fourth-order valence-corrected chi connectivity index (χ4v) is 5.05. The first-order valence-corrected chi connectivity index (χ1v) is 8.75. The highest BCUT2D eigenvalue weighted by Crippen LogP contribution is 2.39. The van der Waals surface area contributed by atoms with E-state index in [1.165, 1.54) is 55.4 Å². The number of rotatable bonds is 2. The SMILES string of the molecule is Clc1nc(NC2CCCCC2)nc2sc3c(c12)CCC3. The summed E-state index contributed by atoms with van der Waals surface area (Å²) in [4.78, 5) is 11.7. The number of thiophene rings is 1. The molecule has 2 aliphatic carbocycles. The van der Waals surface area contributed by atoms with Crippen LogP contribution in [0, 0.1) is 0 Å². The zero-order valence-corrected chi connectivity index (χ0v) is 13.0. The predicted octanol–water partition coefficient (Wildman–Crippen LogP) is 4.58. The third-order valence-corrected chi connectivity index (χ3v) is 5.92. The maximum absolute atomic E-state index is 6.42. The van der Waals surface area contributed by atoms with E-state index >= 15 is 0 Å².